The van der Waals surface area contributed by atoms with Crippen LogP contribution in [-0.2, 0) is 22.6 Å². The third kappa shape index (κ3) is 8.17. The van der Waals surface area contributed by atoms with Crippen molar-refractivity contribution in [2.24, 2.45) is 0 Å². The van der Waals surface area contributed by atoms with Gasteiger partial charge >= 0.3 is 0 Å². The number of rotatable bonds is 11. The van der Waals surface area contributed by atoms with E-state index in [0.717, 1.165) is 42.9 Å². The molecule has 0 aliphatic carbocycles. The highest BCUT2D eigenvalue weighted by Gasteiger charge is 2.25. The maximum Gasteiger partial charge on any atom is 0.123 e. The van der Waals surface area contributed by atoms with Crippen LogP contribution in [0.2, 0.25) is 0 Å². The fraction of sp³-hybridized carbons (Fsp3) is 0.343. The van der Waals surface area contributed by atoms with Gasteiger partial charge in [-0.15, -0.1) is 6.58 Å². The third-order valence-electron chi connectivity index (χ3n) is 7.92. The Labute approximate surface area is 251 Å². The third-order valence-corrected chi connectivity index (χ3v) is 7.92. The first-order valence-corrected chi connectivity index (χ1v) is 14.7. The van der Waals surface area contributed by atoms with Crippen LogP contribution < -0.4 is 16.0 Å². The summed E-state index contributed by atoms with van der Waals surface area (Å²) in [6.07, 6.45) is 15.0. The van der Waals surface area contributed by atoms with Crippen molar-refractivity contribution >= 4 is 30.6 Å². The summed E-state index contributed by atoms with van der Waals surface area (Å²) in [5.41, 5.74) is 9.92. The van der Waals surface area contributed by atoms with Crippen molar-refractivity contribution < 1.29 is 9.59 Å². The molecule has 0 bridgehead atoms. The average Bonchev–Trinajstić information content (AvgIpc) is 3.54. The van der Waals surface area contributed by atoms with Crippen LogP contribution in [-0.4, -0.2) is 36.0 Å². The number of aryl methyl sites for hydroxylation is 1. The Kier molecular flexibility index (Phi) is 13.0. The summed E-state index contributed by atoms with van der Waals surface area (Å²) in [4.78, 5) is 23.0. The molecule has 0 spiro atoms. The van der Waals surface area contributed by atoms with Crippen molar-refractivity contribution in [1.29, 1.82) is 0 Å². The number of nitrogens with zero attached hydrogens (tertiary/aromatic N) is 2. The molecule has 2 aromatic carbocycles. The van der Waals surface area contributed by atoms with Crippen molar-refractivity contribution in [3.63, 3.8) is 0 Å². The molecule has 7 nitrogen and oxygen atoms in total. The summed E-state index contributed by atoms with van der Waals surface area (Å²) in [5, 5.41) is 10.9. The van der Waals surface area contributed by atoms with Gasteiger partial charge in [-0.3, -0.25) is 9.88 Å². The van der Waals surface area contributed by atoms with Crippen molar-refractivity contribution in [3.8, 4) is 0 Å². The van der Waals surface area contributed by atoms with Gasteiger partial charge in [-0.05, 0) is 91.6 Å². The molecule has 2 aliphatic rings. The Balaban J connectivity index is 0.00000116. The fourth-order valence-electron chi connectivity index (χ4n) is 5.85. The molecule has 2 unspecified atom stereocenters. The molecule has 7 heteroatoms. The van der Waals surface area contributed by atoms with Gasteiger partial charge in [-0.1, -0.05) is 37.6 Å². The Bertz CT molecular complexity index is 1310. The molecule has 2 aliphatic heterocycles. The second-order valence-corrected chi connectivity index (χ2v) is 10.6. The average molecular weight is 568 g/mol. The SMILES string of the molecule is C=CCCCC(CCC)N1CCc2c(cccc2Nc2ccc(C)c(C3NC=C(c4cccnc4)N3)c2)C1.C=O.C=O. The molecular weight excluding hydrogens is 522 g/mol. The first-order valence-electron chi connectivity index (χ1n) is 14.7. The molecule has 0 saturated heterocycles. The van der Waals surface area contributed by atoms with E-state index < -0.39 is 0 Å². The van der Waals surface area contributed by atoms with Crippen LogP contribution in [0.1, 0.15) is 73.0 Å². The molecule has 5 rings (SSSR count). The highest BCUT2D eigenvalue weighted by atomic mass is 16.1. The fourth-order valence-corrected chi connectivity index (χ4v) is 5.85. The monoisotopic (exact) mass is 567 g/mol. The lowest BCUT2D eigenvalue weighted by Crippen LogP contribution is -2.39. The second kappa shape index (κ2) is 16.9. The number of hydrogen-bond acceptors (Lipinski definition) is 7. The van der Waals surface area contributed by atoms with Gasteiger partial charge in [0.05, 0.1) is 5.70 Å². The summed E-state index contributed by atoms with van der Waals surface area (Å²) < 4.78 is 0. The van der Waals surface area contributed by atoms with E-state index in [0.29, 0.717) is 6.04 Å². The standard InChI is InChI=1S/C33H41N5.2CH2O/c1-4-6-7-13-28(10-5-2)38-19-17-29-26(23-38)11-8-14-31(29)36-27-16-15-24(3)30(20-27)33-35-22-32(37-33)25-12-9-18-34-21-25;2*1-2/h4,8-9,11-12,14-16,18,20-22,28,33,35-37H,1,5-7,10,13,17,19,23H2,2-3H3;2*1H2. The summed E-state index contributed by atoms with van der Waals surface area (Å²) in [6.45, 7) is 14.6. The minimum Gasteiger partial charge on any atom is -0.366 e. The predicted molar refractivity (Wildman–Crippen MR) is 173 cm³/mol. The summed E-state index contributed by atoms with van der Waals surface area (Å²) in [5.74, 6) is 0. The van der Waals surface area contributed by atoms with Crippen LogP contribution in [0.25, 0.3) is 5.70 Å². The van der Waals surface area contributed by atoms with E-state index >= 15 is 0 Å². The molecule has 1 aromatic heterocycles. The Morgan fingerprint density at radius 3 is 2.69 bits per heavy atom. The van der Waals surface area contributed by atoms with Gasteiger partial charge in [0.25, 0.3) is 0 Å². The van der Waals surface area contributed by atoms with Crippen LogP contribution in [0.5, 0.6) is 0 Å². The smallest absolute Gasteiger partial charge is 0.123 e. The zero-order valence-electron chi connectivity index (χ0n) is 25.1. The first kappa shape index (κ1) is 32.3. The molecule has 42 heavy (non-hydrogen) atoms. The van der Waals surface area contributed by atoms with Crippen LogP contribution >= 0.6 is 0 Å². The minimum atomic E-state index is 0.0294. The minimum absolute atomic E-state index is 0.0294. The number of hydrogen-bond donors (Lipinski definition) is 3. The van der Waals surface area contributed by atoms with E-state index in [2.05, 4.69) is 94.8 Å². The van der Waals surface area contributed by atoms with Gasteiger partial charge in [0, 0.05) is 54.7 Å². The van der Waals surface area contributed by atoms with E-state index in [-0.39, 0.29) is 6.17 Å². The molecule has 0 radical (unpaired) electrons. The van der Waals surface area contributed by atoms with Gasteiger partial charge in [-0.2, -0.15) is 0 Å². The van der Waals surface area contributed by atoms with Crippen LogP contribution in [0.15, 0.2) is 79.8 Å². The van der Waals surface area contributed by atoms with Gasteiger partial charge in [0.1, 0.15) is 19.7 Å². The van der Waals surface area contributed by atoms with E-state index in [1.165, 1.54) is 53.6 Å². The first-order chi connectivity index (χ1) is 20.7. The van der Waals surface area contributed by atoms with E-state index in [9.17, 15) is 0 Å². The zero-order valence-corrected chi connectivity index (χ0v) is 25.1. The lowest BCUT2D eigenvalue weighted by molar-refractivity contribution is -0.0987. The number of fused-ring (bicyclic) bond motifs is 1. The number of carbonyl (C=O) groups excluding carboxylic acids is 2. The lowest BCUT2D eigenvalue weighted by atomic mass is 9.94. The molecule has 3 aromatic rings. The normalized spacial score (nSPS) is 16.1. The Hall–Kier alpha value is -4.23. The van der Waals surface area contributed by atoms with Crippen LogP contribution in [0, 0.1) is 6.92 Å². The zero-order chi connectivity index (χ0) is 30.3. The van der Waals surface area contributed by atoms with E-state index in [1.54, 1.807) is 6.20 Å². The molecule has 3 heterocycles. The number of benzene rings is 2. The van der Waals surface area contributed by atoms with Crippen LogP contribution in [0.4, 0.5) is 11.4 Å². The number of unbranched alkanes of at least 4 members (excludes halogenated alkanes) is 1. The molecule has 3 N–H and O–H groups in total. The molecule has 2 atom stereocenters. The molecule has 0 amide bonds. The Morgan fingerprint density at radius 2 is 1.95 bits per heavy atom. The molecule has 222 valence electrons. The van der Waals surface area contributed by atoms with Gasteiger partial charge in [0.2, 0.25) is 0 Å². The number of allylic oxidation sites excluding steroid dienone is 1. The lowest BCUT2D eigenvalue weighted by Gasteiger charge is -2.36. The number of anilines is 2. The van der Waals surface area contributed by atoms with Gasteiger partial charge < -0.3 is 25.5 Å². The number of aromatic nitrogens is 1. The van der Waals surface area contributed by atoms with Crippen molar-refractivity contribution in [1.82, 2.24) is 20.5 Å². The molecule has 0 saturated carbocycles. The second-order valence-electron chi connectivity index (χ2n) is 10.6. The molecular formula is C35H45N5O2. The van der Waals surface area contributed by atoms with Crippen molar-refractivity contribution in [3.05, 3.63) is 108 Å². The quantitative estimate of drug-likeness (QED) is 0.173. The number of nitrogens with one attached hydrogen (secondary N) is 3. The topological polar surface area (TPSA) is 86.4 Å². The predicted octanol–water partition coefficient (Wildman–Crippen LogP) is 6.84. The molecule has 0 fully saturated rings. The van der Waals surface area contributed by atoms with Gasteiger partial charge in [0.15, 0.2) is 0 Å². The largest absolute Gasteiger partial charge is 0.366 e. The number of carbonyl (C=O) groups is 2. The summed E-state index contributed by atoms with van der Waals surface area (Å²) in [6, 6.07) is 18.1. The highest BCUT2D eigenvalue weighted by molar-refractivity contribution is 5.68. The maximum absolute atomic E-state index is 8.00. The van der Waals surface area contributed by atoms with Crippen molar-refractivity contribution in [2.75, 3.05) is 11.9 Å². The highest BCUT2D eigenvalue weighted by Crippen LogP contribution is 2.33. The number of pyridine rings is 1. The van der Waals surface area contributed by atoms with E-state index in [4.69, 9.17) is 9.59 Å². The van der Waals surface area contributed by atoms with E-state index in [1.807, 2.05) is 32.0 Å². The van der Waals surface area contributed by atoms with Crippen molar-refractivity contribution in [2.45, 2.75) is 71.1 Å². The Morgan fingerprint density at radius 1 is 1.12 bits per heavy atom. The summed E-state index contributed by atoms with van der Waals surface area (Å²) in [7, 11) is 0. The van der Waals surface area contributed by atoms with Gasteiger partial charge in [-0.25, -0.2) is 0 Å². The summed E-state index contributed by atoms with van der Waals surface area (Å²) >= 11 is 0. The van der Waals surface area contributed by atoms with Crippen LogP contribution in [0.3, 0.4) is 0 Å². The maximum atomic E-state index is 8.00.